The maximum Gasteiger partial charge on any atom is 0.326 e. The number of rotatable bonds is 14. The zero-order chi connectivity index (χ0) is 23.4. The van der Waals surface area contributed by atoms with Gasteiger partial charge in [-0.15, -0.1) is 0 Å². The number of hydrogen-bond donors (Lipinski definition) is 7. The van der Waals surface area contributed by atoms with Crippen molar-refractivity contribution < 1.29 is 33.9 Å². The summed E-state index contributed by atoms with van der Waals surface area (Å²) in [5.41, 5.74) is 15.4. The van der Waals surface area contributed by atoms with Gasteiger partial charge in [-0.3, -0.25) is 24.0 Å². The Kier molecular flexibility index (Phi) is 11.7. The van der Waals surface area contributed by atoms with E-state index in [1.54, 1.807) is 13.8 Å². The van der Waals surface area contributed by atoms with E-state index in [2.05, 4.69) is 16.0 Å². The van der Waals surface area contributed by atoms with Gasteiger partial charge in [0.05, 0.1) is 13.0 Å². The van der Waals surface area contributed by atoms with Gasteiger partial charge in [0.1, 0.15) is 18.1 Å². The number of hydrogen-bond acceptors (Lipinski definition) is 7. The molecule has 0 aromatic rings. The second-order valence-electron chi connectivity index (χ2n) is 6.77. The van der Waals surface area contributed by atoms with E-state index < -0.39 is 60.1 Å². The smallest absolute Gasteiger partial charge is 0.326 e. The molecule has 4 atom stereocenters. The highest BCUT2D eigenvalue weighted by Crippen LogP contribution is 2.09. The van der Waals surface area contributed by atoms with Gasteiger partial charge in [0.2, 0.25) is 29.5 Å². The normalized spacial score (nSPS) is 14.5. The van der Waals surface area contributed by atoms with Crippen LogP contribution in [-0.4, -0.2) is 65.3 Å². The van der Waals surface area contributed by atoms with E-state index in [-0.39, 0.29) is 25.3 Å². The van der Waals surface area contributed by atoms with Crippen molar-refractivity contribution in [1.29, 1.82) is 0 Å². The Hall–Kier alpha value is -3.22. The Balaban J connectivity index is 5.44. The van der Waals surface area contributed by atoms with Crippen LogP contribution in [0.2, 0.25) is 0 Å². The molecule has 0 saturated carbocycles. The lowest BCUT2D eigenvalue weighted by Crippen LogP contribution is -2.58. The van der Waals surface area contributed by atoms with Crippen LogP contribution in [0.1, 0.15) is 39.5 Å². The van der Waals surface area contributed by atoms with Crippen molar-refractivity contribution in [3.05, 3.63) is 0 Å². The summed E-state index contributed by atoms with van der Waals surface area (Å²) < 4.78 is 0. The molecule has 30 heavy (non-hydrogen) atoms. The van der Waals surface area contributed by atoms with Crippen LogP contribution >= 0.6 is 0 Å². The molecule has 0 saturated heterocycles. The lowest BCUT2D eigenvalue weighted by Gasteiger charge is -2.26. The minimum Gasteiger partial charge on any atom is -0.480 e. The number of carboxylic acid groups (broad SMARTS) is 1. The van der Waals surface area contributed by atoms with E-state index in [9.17, 15) is 33.9 Å². The molecule has 0 radical (unpaired) electrons. The van der Waals surface area contributed by atoms with E-state index in [0.717, 1.165) is 0 Å². The highest BCUT2D eigenvalue weighted by molar-refractivity contribution is 5.96. The summed E-state index contributed by atoms with van der Waals surface area (Å²) in [4.78, 5) is 70.3. The molecule has 0 bridgehead atoms. The van der Waals surface area contributed by atoms with Crippen molar-refractivity contribution in [1.82, 2.24) is 16.0 Å². The molecule has 13 heteroatoms. The molecule has 0 heterocycles. The van der Waals surface area contributed by atoms with Gasteiger partial charge >= 0.3 is 5.97 Å². The number of nitrogens with two attached hydrogens (primary N) is 3. The lowest BCUT2D eigenvalue weighted by molar-refractivity contribution is -0.142. The average molecular weight is 430 g/mol. The minimum absolute atomic E-state index is 0.282. The van der Waals surface area contributed by atoms with E-state index in [1.807, 2.05) is 0 Å². The molecule has 0 aliphatic rings. The van der Waals surface area contributed by atoms with Crippen molar-refractivity contribution >= 4 is 35.5 Å². The van der Waals surface area contributed by atoms with Gasteiger partial charge in [-0.2, -0.15) is 0 Å². The molecule has 0 spiro atoms. The highest BCUT2D eigenvalue weighted by Gasteiger charge is 2.32. The van der Waals surface area contributed by atoms with Crippen LogP contribution in [0.4, 0.5) is 0 Å². The Morgan fingerprint density at radius 3 is 1.90 bits per heavy atom. The third kappa shape index (κ3) is 9.82. The first-order valence-electron chi connectivity index (χ1n) is 9.32. The van der Waals surface area contributed by atoms with Crippen molar-refractivity contribution in [3.63, 3.8) is 0 Å². The van der Waals surface area contributed by atoms with Crippen molar-refractivity contribution in [3.8, 4) is 0 Å². The topological polar surface area (TPSA) is 237 Å². The number of carboxylic acids is 1. The average Bonchev–Trinajstić information content (AvgIpc) is 2.66. The van der Waals surface area contributed by atoms with E-state index in [4.69, 9.17) is 17.2 Å². The molecule has 0 aliphatic heterocycles. The quantitative estimate of drug-likeness (QED) is 0.147. The predicted octanol–water partition coefficient (Wildman–Crippen LogP) is -3.33. The highest BCUT2D eigenvalue weighted by atomic mass is 16.4. The standard InChI is InChI=1S/C17H30N6O7/c1-3-8(2)14(23-13(26)7-18)16(28)22-10(6-12(20)25)15(27)21-9(17(29)30)4-5-11(19)24/h8-10,14H,3-7,18H2,1-2H3,(H2,19,24)(H2,20,25)(H,21,27)(H,22,28)(H,23,26)(H,29,30). The fraction of sp³-hybridized carbons (Fsp3) is 0.647. The van der Waals surface area contributed by atoms with Gasteiger partial charge in [0, 0.05) is 6.42 Å². The first kappa shape index (κ1) is 26.8. The summed E-state index contributed by atoms with van der Waals surface area (Å²) >= 11 is 0. The van der Waals surface area contributed by atoms with Crippen LogP contribution < -0.4 is 33.2 Å². The third-order valence-electron chi connectivity index (χ3n) is 4.33. The van der Waals surface area contributed by atoms with Crippen molar-refractivity contribution in [2.24, 2.45) is 23.1 Å². The lowest BCUT2D eigenvalue weighted by atomic mass is 9.97. The molecule has 4 unspecified atom stereocenters. The third-order valence-corrected chi connectivity index (χ3v) is 4.33. The van der Waals surface area contributed by atoms with Gasteiger partial charge in [-0.1, -0.05) is 20.3 Å². The predicted molar refractivity (Wildman–Crippen MR) is 104 cm³/mol. The molecule has 13 nitrogen and oxygen atoms in total. The molecule has 5 amide bonds. The zero-order valence-corrected chi connectivity index (χ0v) is 17.0. The van der Waals surface area contributed by atoms with Crippen molar-refractivity contribution in [2.75, 3.05) is 6.54 Å². The summed E-state index contributed by atoms with van der Waals surface area (Å²) in [7, 11) is 0. The summed E-state index contributed by atoms with van der Waals surface area (Å²) in [5, 5.41) is 16.1. The Morgan fingerprint density at radius 2 is 1.47 bits per heavy atom. The monoisotopic (exact) mass is 430 g/mol. The van der Waals surface area contributed by atoms with Crippen LogP contribution in [0, 0.1) is 5.92 Å². The number of carbonyl (C=O) groups is 6. The van der Waals surface area contributed by atoms with Crippen LogP contribution in [0.5, 0.6) is 0 Å². The van der Waals surface area contributed by atoms with E-state index >= 15 is 0 Å². The molecule has 0 fully saturated rings. The van der Waals surface area contributed by atoms with Crippen LogP contribution in [0.3, 0.4) is 0 Å². The molecular weight excluding hydrogens is 400 g/mol. The number of carbonyl (C=O) groups excluding carboxylic acids is 5. The first-order valence-corrected chi connectivity index (χ1v) is 9.32. The van der Waals surface area contributed by atoms with Gasteiger partial charge in [0.15, 0.2) is 0 Å². The minimum atomic E-state index is -1.49. The fourth-order valence-electron chi connectivity index (χ4n) is 2.42. The second-order valence-corrected chi connectivity index (χ2v) is 6.77. The Morgan fingerprint density at radius 1 is 0.900 bits per heavy atom. The number of nitrogens with one attached hydrogen (secondary N) is 3. The molecule has 0 aliphatic carbocycles. The SMILES string of the molecule is CCC(C)C(NC(=O)CN)C(=O)NC(CC(N)=O)C(=O)NC(CCC(N)=O)C(=O)O. The molecule has 170 valence electrons. The second kappa shape index (κ2) is 13.1. The fourth-order valence-corrected chi connectivity index (χ4v) is 2.42. The van der Waals surface area contributed by atoms with Gasteiger partial charge in [-0.05, 0) is 12.3 Å². The van der Waals surface area contributed by atoms with Gasteiger partial charge in [-0.25, -0.2) is 4.79 Å². The molecule has 0 aromatic carbocycles. The molecular formula is C17H30N6O7. The van der Waals surface area contributed by atoms with Crippen LogP contribution in [-0.2, 0) is 28.8 Å². The Bertz CT molecular complexity index is 669. The van der Waals surface area contributed by atoms with E-state index in [1.165, 1.54) is 0 Å². The number of amides is 5. The van der Waals surface area contributed by atoms with E-state index in [0.29, 0.717) is 6.42 Å². The summed E-state index contributed by atoms with van der Waals surface area (Å²) in [6.07, 6.45) is -0.692. The maximum absolute atomic E-state index is 12.6. The number of primary amides is 2. The summed E-state index contributed by atoms with van der Waals surface area (Å²) in [5.74, 6) is -5.80. The Labute approximate surface area is 173 Å². The van der Waals surface area contributed by atoms with Crippen LogP contribution in [0.15, 0.2) is 0 Å². The van der Waals surface area contributed by atoms with Gasteiger partial charge in [0.25, 0.3) is 0 Å². The largest absolute Gasteiger partial charge is 0.480 e. The maximum atomic E-state index is 12.6. The summed E-state index contributed by atoms with van der Waals surface area (Å²) in [6.45, 7) is 3.11. The van der Waals surface area contributed by atoms with Crippen LogP contribution in [0.25, 0.3) is 0 Å². The molecule has 10 N–H and O–H groups in total. The summed E-state index contributed by atoms with van der Waals surface area (Å²) in [6, 6.07) is -4.01. The first-order chi connectivity index (χ1) is 13.9. The molecule has 0 rings (SSSR count). The molecule has 0 aromatic heterocycles. The van der Waals surface area contributed by atoms with Gasteiger partial charge < -0.3 is 38.3 Å². The zero-order valence-electron chi connectivity index (χ0n) is 17.0. The van der Waals surface area contributed by atoms with Crippen molar-refractivity contribution in [2.45, 2.75) is 57.7 Å². The number of aliphatic carboxylic acids is 1.